The molecule has 0 aliphatic carbocycles. The molecule has 1 saturated heterocycles. The Kier molecular flexibility index (Phi) is 5.23. The number of benzene rings is 1. The van der Waals surface area contributed by atoms with E-state index < -0.39 is 10.0 Å². The van der Waals surface area contributed by atoms with Crippen molar-refractivity contribution in [1.82, 2.24) is 14.3 Å². The van der Waals surface area contributed by atoms with Crippen molar-refractivity contribution in [2.24, 2.45) is 5.92 Å². The minimum absolute atomic E-state index is 0.0598. The number of sulfonamides is 1. The van der Waals surface area contributed by atoms with Gasteiger partial charge < -0.3 is 14.6 Å². The number of fused-ring (bicyclic) bond motifs is 1. The molecule has 2 unspecified atom stereocenters. The van der Waals surface area contributed by atoms with Gasteiger partial charge in [0.05, 0.1) is 12.0 Å². The fraction of sp³-hybridized carbons (Fsp3) is 0.381. The van der Waals surface area contributed by atoms with Gasteiger partial charge in [0.15, 0.2) is 0 Å². The number of pyridine rings is 1. The SMILES string of the molecule is COc1cccc(S(=O)(=O)N2CCC(C)C(N(C)c3ccnc4[nH]ccc34)C2)c1. The number of aromatic amines is 1. The number of hydrogen-bond acceptors (Lipinski definition) is 5. The average molecular weight is 415 g/mol. The zero-order valence-corrected chi connectivity index (χ0v) is 17.7. The molecule has 8 heteroatoms. The number of rotatable bonds is 5. The van der Waals surface area contributed by atoms with E-state index in [-0.39, 0.29) is 10.9 Å². The zero-order valence-electron chi connectivity index (χ0n) is 16.9. The Bertz CT molecular complexity index is 1110. The second-order valence-corrected chi connectivity index (χ2v) is 9.49. The van der Waals surface area contributed by atoms with Gasteiger partial charge in [-0.1, -0.05) is 13.0 Å². The van der Waals surface area contributed by atoms with Crippen LogP contribution in [-0.4, -0.2) is 56.0 Å². The lowest BCUT2D eigenvalue weighted by atomic mass is 9.93. The first-order valence-corrected chi connectivity index (χ1v) is 11.1. The van der Waals surface area contributed by atoms with Crippen molar-refractivity contribution in [2.75, 3.05) is 32.1 Å². The monoisotopic (exact) mass is 414 g/mol. The number of piperidine rings is 1. The molecular weight excluding hydrogens is 388 g/mol. The number of hydrogen-bond donors (Lipinski definition) is 1. The number of aromatic nitrogens is 2. The second kappa shape index (κ2) is 7.68. The number of ether oxygens (including phenoxy) is 1. The summed E-state index contributed by atoms with van der Waals surface area (Å²) in [7, 11) is -0.0204. The molecule has 1 N–H and O–H groups in total. The van der Waals surface area contributed by atoms with Gasteiger partial charge in [0, 0.05) is 55.7 Å². The molecule has 3 heterocycles. The van der Waals surface area contributed by atoms with Crippen molar-refractivity contribution in [3.63, 3.8) is 0 Å². The molecule has 0 bridgehead atoms. The fourth-order valence-electron chi connectivity index (χ4n) is 4.09. The van der Waals surface area contributed by atoms with Crippen molar-refractivity contribution in [2.45, 2.75) is 24.3 Å². The van der Waals surface area contributed by atoms with Gasteiger partial charge in [-0.25, -0.2) is 13.4 Å². The Labute approximate surface area is 171 Å². The molecule has 7 nitrogen and oxygen atoms in total. The summed E-state index contributed by atoms with van der Waals surface area (Å²) in [5, 5.41) is 1.04. The van der Waals surface area contributed by atoms with Crippen LogP contribution in [-0.2, 0) is 10.0 Å². The van der Waals surface area contributed by atoms with Crippen LogP contribution in [0.2, 0.25) is 0 Å². The summed E-state index contributed by atoms with van der Waals surface area (Å²) in [6.07, 6.45) is 4.46. The Balaban J connectivity index is 1.63. The molecule has 0 spiro atoms. The number of nitrogens with zero attached hydrogens (tertiary/aromatic N) is 3. The highest BCUT2D eigenvalue weighted by molar-refractivity contribution is 7.89. The first-order valence-electron chi connectivity index (χ1n) is 9.71. The van der Waals surface area contributed by atoms with Crippen LogP contribution in [0.3, 0.4) is 0 Å². The van der Waals surface area contributed by atoms with E-state index in [0.717, 1.165) is 23.1 Å². The molecule has 3 aromatic rings. The summed E-state index contributed by atoms with van der Waals surface area (Å²) < 4.78 is 33.3. The number of nitrogens with one attached hydrogen (secondary N) is 1. The van der Waals surface area contributed by atoms with Gasteiger partial charge in [0.25, 0.3) is 0 Å². The zero-order chi connectivity index (χ0) is 20.6. The summed E-state index contributed by atoms with van der Waals surface area (Å²) in [6, 6.07) is 10.7. The van der Waals surface area contributed by atoms with Crippen LogP contribution in [0.25, 0.3) is 11.0 Å². The fourth-order valence-corrected chi connectivity index (χ4v) is 5.59. The Morgan fingerprint density at radius 2 is 2.10 bits per heavy atom. The van der Waals surface area contributed by atoms with Crippen LogP contribution in [0.4, 0.5) is 5.69 Å². The Morgan fingerprint density at radius 3 is 2.90 bits per heavy atom. The van der Waals surface area contributed by atoms with Gasteiger partial charge in [-0.2, -0.15) is 4.31 Å². The van der Waals surface area contributed by atoms with Gasteiger partial charge in [-0.15, -0.1) is 0 Å². The summed E-state index contributed by atoms with van der Waals surface area (Å²) in [5.74, 6) is 0.899. The van der Waals surface area contributed by atoms with Crippen LogP contribution in [0.15, 0.2) is 53.7 Å². The normalized spacial score (nSPS) is 20.7. The highest BCUT2D eigenvalue weighted by atomic mass is 32.2. The van der Waals surface area contributed by atoms with Crippen LogP contribution in [0.5, 0.6) is 5.75 Å². The van der Waals surface area contributed by atoms with Crippen molar-refractivity contribution in [3.8, 4) is 5.75 Å². The van der Waals surface area contributed by atoms with E-state index in [1.807, 2.05) is 25.4 Å². The largest absolute Gasteiger partial charge is 0.497 e. The lowest BCUT2D eigenvalue weighted by molar-refractivity contribution is 0.247. The maximum atomic E-state index is 13.3. The second-order valence-electron chi connectivity index (χ2n) is 7.56. The van der Waals surface area contributed by atoms with Gasteiger partial charge in [-0.05, 0) is 36.6 Å². The van der Waals surface area contributed by atoms with Crippen molar-refractivity contribution in [1.29, 1.82) is 0 Å². The van der Waals surface area contributed by atoms with Gasteiger partial charge in [0.2, 0.25) is 10.0 Å². The van der Waals surface area contributed by atoms with Crippen molar-refractivity contribution in [3.05, 3.63) is 48.8 Å². The van der Waals surface area contributed by atoms with E-state index in [4.69, 9.17) is 4.74 Å². The highest BCUT2D eigenvalue weighted by Crippen LogP contribution is 2.32. The van der Waals surface area contributed by atoms with Gasteiger partial charge in [-0.3, -0.25) is 0 Å². The molecule has 1 aliphatic rings. The lowest BCUT2D eigenvalue weighted by Crippen LogP contribution is -2.52. The van der Waals surface area contributed by atoms with E-state index in [1.54, 1.807) is 34.8 Å². The van der Waals surface area contributed by atoms with E-state index >= 15 is 0 Å². The first-order chi connectivity index (χ1) is 13.9. The van der Waals surface area contributed by atoms with Crippen LogP contribution >= 0.6 is 0 Å². The highest BCUT2D eigenvalue weighted by Gasteiger charge is 2.36. The summed E-state index contributed by atoms with van der Waals surface area (Å²) in [6.45, 7) is 3.14. The summed E-state index contributed by atoms with van der Waals surface area (Å²) >= 11 is 0. The van der Waals surface area contributed by atoms with Crippen LogP contribution in [0.1, 0.15) is 13.3 Å². The molecule has 2 atom stereocenters. The molecule has 2 aromatic heterocycles. The summed E-state index contributed by atoms with van der Waals surface area (Å²) in [5.41, 5.74) is 1.88. The number of likely N-dealkylation sites (N-methyl/N-ethyl adjacent to an activating group) is 1. The molecule has 154 valence electrons. The number of methoxy groups -OCH3 is 1. The third-order valence-corrected chi connectivity index (χ3v) is 7.74. The smallest absolute Gasteiger partial charge is 0.243 e. The van der Waals surface area contributed by atoms with E-state index in [1.165, 1.54) is 7.11 Å². The predicted octanol–water partition coefficient (Wildman–Crippen LogP) is 3.11. The summed E-state index contributed by atoms with van der Waals surface area (Å²) in [4.78, 5) is 9.96. The molecule has 4 rings (SSSR count). The molecular formula is C21H26N4O3S. The van der Waals surface area contributed by atoms with Gasteiger partial charge in [0.1, 0.15) is 11.4 Å². The third-order valence-electron chi connectivity index (χ3n) is 5.87. The van der Waals surface area contributed by atoms with Crippen molar-refractivity contribution >= 4 is 26.7 Å². The topological polar surface area (TPSA) is 78.5 Å². The quantitative estimate of drug-likeness (QED) is 0.694. The third kappa shape index (κ3) is 3.58. The first kappa shape index (κ1) is 19.7. The van der Waals surface area contributed by atoms with E-state index in [2.05, 4.69) is 21.8 Å². The molecule has 0 saturated carbocycles. The lowest BCUT2D eigenvalue weighted by Gasteiger charge is -2.42. The van der Waals surface area contributed by atoms with Crippen LogP contribution < -0.4 is 9.64 Å². The molecule has 0 radical (unpaired) electrons. The van der Waals surface area contributed by atoms with E-state index in [9.17, 15) is 8.42 Å². The molecule has 1 fully saturated rings. The maximum absolute atomic E-state index is 13.3. The predicted molar refractivity (Wildman–Crippen MR) is 114 cm³/mol. The minimum Gasteiger partial charge on any atom is -0.497 e. The molecule has 29 heavy (non-hydrogen) atoms. The molecule has 1 aromatic carbocycles. The maximum Gasteiger partial charge on any atom is 0.243 e. The van der Waals surface area contributed by atoms with Gasteiger partial charge >= 0.3 is 0 Å². The van der Waals surface area contributed by atoms with Crippen molar-refractivity contribution < 1.29 is 13.2 Å². The van der Waals surface area contributed by atoms with E-state index in [0.29, 0.717) is 24.8 Å². The average Bonchev–Trinajstić information content (AvgIpc) is 3.22. The van der Waals surface area contributed by atoms with Crippen LogP contribution in [0, 0.1) is 5.92 Å². The number of anilines is 1. The molecule has 1 aliphatic heterocycles. The minimum atomic E-state index is -3.59. The standard InChI is InChI=1S/C21H26N4O3S/c1-15-9-12-25(29(26,27)17-6-4-5-16(13-17)28-3)14-20(15)24(2)19-8-11-23-21-18(19)7-10-22-21/h4-8,10-11,13,15,20H,9,12,14H2,1-3H3,(H,22,23). The Hall–Kier alpha value is -2.58. The Morgan fingerprint density at radius 1 is 1.28 bits per heavy atom. The number of H-pyrrole nitrogens is 1. The molecule has 0 amide bonds.